The summed E-state index contributed by atoms with van der Waals surface area (Å²) in [5.74, 6) is 0. The molecule has 1 atom stereocenters. The molecule has 22 heavy (non-hydrogen) atoms. The third kappa shape index (κ3) is 3.51. The van der Waals surface area contributed by atoms with Crippen LogP contribution in [0.4, 0.5) is 11.4 Å². The Morgan fingerprint density at radius 3 is 2.27 bits per heavy atom. The van der Waals surface area contributed by atoms with Crippen molar-refractivity contribution in [1.29, 1.82) is 0 Å². The number of rotatable bonds is 6. The van der Waals surface area contributed by atoms with Crippen LogP contribution in [0.1, 0.15) is 25.8 Å². The molecule has 9 nitrogen and oxygen atoms in total. The van der Waals surface area contributed by atoms with E-state index in [0.29, 0.717) is 6.42 Å². The van der Waals surface area contributed by atoms with Crippen LogP contribution in [0.5, 0.6) is 0 Å². The minimum Gasteiger partial charge on any atom is -0.258 e. The van der Waals surface area contributed by atoms with Gasteiger partial charge in [-0.25, -0.2) is 13.1 Å². The van der Waals surface area contributed by atoms with Crippen LogP contribution >= 0.6 is 11.6 Å². The summed E-state index contributed by atoms with van der Waals surface area (Å²) >= 11 is 5.66. The van der Waals surface area contributed by atoms with E-state index in [1.807, 2.05) is 0 Å². The van der Waals surface area contributed by atoms with Gasteiger partial charge in [0, 0.05) is 17.7 Å². The van der Waals surface area contributed by atoms with Gasteiger partial charge in [-0.2, -0.15) is 0 Å². The molecule has 0 amide bonds. The number of benzene rings is 1. The first kappa shape index (κ1) is 18.3. The topological polar surface area (TPSA) is 132 Å². The van der Waals surface area contributed by atoms with Crippen molar-refractivity contribution in [1.82, 2.24) is 4.72 Å². The molecular weight excluding hydrogens is 338 g/mol. The number of hydrogen-bond acceptors (Lipinski definition) is 6. The average molecular weight is 352 g/mol. The van der Waals surface area contributed by atoms with Crippen LogP contribution in [0.25, 0.3) is 0 Å². The molecule has 0 saturated heterocycles. The highest BCUT2D eigenvalue weighted by Gasteiger charge is 2.33. The molecule has 0 bridgehead atoms. The zero-order chi connectivity index (χ0) is 17.2. The highest BCUT2D eigenvalue weighted by atomic mass is 35.5. The standard InChI is InChI=1S/C11H14ClN3O6S/c1-4-6(2)13-22(20,21)9-5-8(14(16)17)10(12)11(7(9)3)15(18)19/h5-6,13H,4H2,1-3H3. The van der Waals surface area contributed by atoms with Gasteiger partial charge in [-0.1, -0.05) is 18.5 Å². The molecule has 0 fully saturated rings. The van der Waals surface area contributed by atoms with Gasteiger partial charge in [-0.05, 0) is 20.3 Å². The SMILES string of the molecule is CCC(C)NS(=O)(=O)c1cc([N+](=O)[O-])c(Cl)c([N+](=O)[O-])c1C. The van der Waals surface area contributed by atoms with E-state index in [2.05, 4.69) is 4.72 Å². The largest absolute Gasteiger partial charge is 0.299 e. The van der Waals surface area contributed by atoms with Gasteiger partial charge in [0.25, 0.3) is 11.4 Å². The molecule has 1 aromatic carbocycles. The zero-order valence-electron chi connectivity index (χ0n) is 12.0. The molecule has 1 N–H and O–H groups in total. The quantitative estimate of drug-likeness (QED) is 0.618. The molecule has 0 spiro atoms. The molecular formula is C11H14ClN3O6S. The number of nitrogens with one attached hydrogen (secondary N) is 1. The number of nitrogens with zero attached hydrogens (tertiary/aromatic N) is 2. The zero-order valence-corrected chi connectivity index (χ0v) is 13.6. The first-order valence-corrected chi connectivity index (χ1v) is 8.03. The summed E-state index contributed by atoms with van der Waals surface area (Å²) in [4.78, 5) is 19.6. The van der Waals surface area contributed by atoms with Crippen molar-refractivity contribution < 1.29 is 18.3 Å². The summed E-state index contributed by atoms with van der Waals surface area (Å²) in [5.41, 5.74) is -1.87. The minimum atomic E-state index is -4.15. The van der Waals surface area contributed by atoms with Crippen LogP contribution in [0.2, 0.25) is 5.02 Å². The van der Waals surface area contributed by atoms with Crippen molar-refractivity contribution in [3.8, 4) is 0 Å². The van der Waals surface area contributed by atoms with Crippen LogP contribution in [0.3, 0.4) is 0 Å². The molecule has 122 valence electrons. The van der Waals surface area contributed by atoms with E-state index in [9.17, 15) is 28.6 Å². The number of nitro benzene ring substituents is 2. The van der Waals surface area contributed by atoms with Gasteiger partial charge in [0.15, 0.2) is 5.02 Å². The van der Waals surface area contributed by atoms with Gasteiger partial charge in [0.1, 0.15) is 0 Å². The summed E-state index contributed by atoms with van der Waals surface area (Å²) in [6, 6.07) is 0.299. The van der Waals surface area contributed by atoms with E-state index < -0.39 is 47.2 Å². The Kier molecular flexibility index (Phi) is 5.44. The molecule has 1 unspecified atom stereocenters. The Morgan fingerprint density at radius 1 is 1.32 bits per heavy atom. The lowest BCUT2D eigenvalue weighted by atomic mass is 10.2. The van der Waals surface area contributed by atoms with Gasteiger partial charge >= 0.3 is 0 Å². The predicted molar refractivity (Wildman–Crippen MR) is 79.6 cm³/mol. The van der Waals surface area contributed by atoms with Gasteiger partial charge in [-0.15, -0.1) is 0 Å². The summed E-state index contributed by atoms with van der Waals surface area (Å²) < 4.78 is 26.9. The molecule has 0 aliphatic heterocycles. The van der Waals surface area contributed by atoms with Crippen molar-refractivity contribution >= 4 is 33.0 Å². The van der Waals surface area contributed by atoms with Crippen LogP contribution in [0.15, 0.2) is 11.0 Å². The fraction of sp³-hybridized carbons (Fsp3) is 0.455. The number of halogens is 1. The predicted octanol–water partition coefficient (Wildman–Crippen LogP) is 2.54. The maximum absolute atomic E-state index is 12.3. The van der Waals surface area contributed by atoms with Crippen molar-refractivity contribution in [2.75, 3.05) is 0 Å². The van der Waals surface area contributed by atoms with Gasteiger partial charge in [-0.3, -0.25) is 20.2 Å². The van der Waals surface area contributed by atoms with E-state index in [-0.39, 0.29) is 5.56 Å². The lowest BCUT2D eigenvalue weighted by molar-refractivity contribution is -0.394. The van der Waals surface area contributed by atoms with Gasteiger partial charge < -0.3 is 0 Å². The number of sulfonamides is 1. The second kappa shape index (κ2) is 6.55. The van der Waals surface area contributed by atoms with Gasteiger partial charge in [0.05, 0.1) is 14.7 Å². The first-order chi connectivity index (χ1) is 10.0. The number of nitro groups is 2. The molecule has 0 aliphatic rings. The van der Waals surface area contributed by atoms with Crippen LogP contribution in [-0.4, -0.2) is 24.3 Å². The van der Waals surface area contributed by atoms with Crippen LogP contribution < -0.4 is 4.72 Å². The Morgan fingerprint density at radius 2 is 1.86 bits per heavy atom. The fourth-order valence-corrected chi connectivity index (χ4v) is 3.66. The molecule has 0 radical (unpaired) electrons. The second-order valence-corrected chi connectivity index (χ2v) is 6.69. The monoisotopic (exact) mass is 351 g/mol. The average Bonchev–Trinajstić information content (AvgIpc) is 2.36. The van der Waals surface area contributed by atoms with Crippen molar-refractivity contribution in [3.63, 3.8) is 0 Å². The van der Waals surface area contributed by atoms with E-state index >= 15 is 0 Å². The van der Waals surface area contributed by atoms with Crippen molar-refractivity contribution in [2.45, 2.75) is 38.1 Å². The van der Waals surface area contributed by atoms with E-state index in [4.69, 9.17) is 11.6 Å². The van der Waals surface area contributed by atoms with Crippen LogP contribution in [-0.2, 0) is 10.0 Å². The Hall–Kier alpha value is -1.78. The highest BCUT2D eigenvalue weighted by Crippen LogP contribution is 2.39. The Balaban J connectivity index is 3.69. The number of hydrogen-bond donors (Lipinski definition) is 1. The smallest absolute Gasteiger partial charge is 0.258 e. The normalized spacial score (nSPS) is 12.9. The summed E-state index contributed by atoms with van der Waals surface area (Å²) in [5, 5.41) is 21.3. The van der Waals surface area contributed by atoms with Gasteiger partial charge in [0.2, 0.25) is 10.0 Å². The molecule has 11 heteroatoms. The Bertz CT molecular complexity index is 734. The van der Waals surface area contributed by atoms with Crippen LogP contribution in [0, 0.1) is 27.2 Å². The molecule has 1 aromatic rings. The van der Waals surface area contributed by atoms with Crippen molar-refractivity contribution in [3.05, 3.63) is 36.9 Å². The highest BCUT2D eigenvalue weighted by molar-refractivity contribution is 7.89. The van der Waals surface area contributed by atoms with Crippen molar-refractivity contribution in [2.24, 2.45) is 0 Å². The lowest BCUT2D eigenvalue weighted by Gasteiger charge is -2.14. The molecule has 0 aromatic heterocycles. The summed E-state index contributed by atoms with van der Waals surface area (Å²) in [6.45, 7) is 4.53. The summed E-state index contributed by atoms with van der Waals surface area (Å²) in [6.07, 6.45) is 0.482. The maximum atomic E-state index is 12.3. The first-order valence-electron chi connectivity index (χ1n) is 6.17. The molecule has 0 aliphatic carbocycles. The fourth-order valence-electron chi connectivity index (χ4n) is 1.74. The Labute approximate surface area is 131 Å². The van der Waals surface area contributed by atoms with E-state index in [1.54, 1.807) is 13.8 Å². The maximum Gasteiger partial charge on any atom is 0.299 e. The minimum absolute atomic E-state index is 0.253. The van der Waals surface area contributed by atoms with E-state index in [1.165, 1.54) is 6.92 Å². The third-order valence-corrected chi connectivity index (χ3v) is 5.15. The lowest BCUT2D eigenvalue weighted by Crippen LogP contribution is -2.32. The van der Waals surface area contributed by atoms with E-state index in [0.717, 1.165) is 6.07 Å². The third-order valence-electron chi connectivity index (χ3n) is 3.06. The summed E-state index contributed by atoms with van der Waals surface area (Å²) in [7, 11) is -4.15. The molecule has 1 rings (SSSR count). The molecule has 0 saturated carbocycles. The second-order valence-electron chi connectivity index (χ2n) is 4.63. The molecule has 0 heterocycles.